The van der Waals surface area contributed by atoms with Crippen molar-refractivity contribution in [2.45, 2.75) is 38.5 Å². The lowest BCUT2D eigenvalue weighted by Gasteiger charge is -2.48. The lowest BCUT2D eigenvalue weighted by atomic mass is 9.73. The molecule has 2 aliphatic rings. The Hall–Kier alpha value is -1.60. The number of carbonyl (C=O) groups is 2. The van der Waals surface area contributed by atoms with E-state index in [9.17, 15) is 9.59 Å². The number of rotatable bonds is 5. The highest BCUT2D eigenvalue weighted by molar-refractivity contribution is 6.29. The van der Waals surface area contributed by atoms with E-state index in [1.165, 1.54) is 0 Å². The van der Waals surface area contributed by atoms with Gasteiger partial charge in [0.2, 0.25) is 11.8 Å². The summed E-state index contributed by atoms with van der Waals surface area (Å²) in [6.07, 6.45) is 4.12. The van der Waals surface area contributed by atoms with Crippen LogP contribution in [0.2, 0.25) is 5.15 Å². The Balaban J connectivity index is 1.58. The summed E-state index contributed by atoms with van der Waals surface area (Å²) in [6, 6.07) is 1.63. The first kappa shape index (κ1) is 18.2. The fourth-order valence-electron chi connectivity index (χ4n) is 3.97. The monoisotopic (exact) mass is 369 g/mol. The molecule has 3 heterocycles. The van der Waals surface area contributed by atoms with E-state index < -0.39 is 0 Å². The molecule has 7 nitrogen and oxygen atoms in total. The average molecular weight is 370 g/mol. The SMILES string of the molecule is O=C1CC[C@@]2(CCCN(C(=O)CCc3cc(Cl)no3)C2)CN1CCO. The van der Waals surface area contributed by atoms with Crippen LogP contribution in [0.3, 0.4) is 0 Å². The van der Waals surface area contributed by atoms with Gasteiger partial charge in [0.25, 0.3) is 0 Å². The minimum atomic E-state index is -0.0352. The molecular weight excluding hydrogens is 346 g/mol. The molecule has 1 aromatic rings. The van der Waals surface area contributed by atoms with E-state index in [2.05, 4.69) is 5.16 Å². The molecule has 25 heavy (non-hydrogen) atoms. The van der Waals surface area contributed by atoms with Gasteiger partial charge in [-0.05, 0) is 19.3 Å². The van der Waals surface area contributed by atoms with Gasteiger partial charge in [0.05, 0.1) is 6.61 Å². The second-order valence-corrected chi connectivity index (χ2v) is 7.46. The summed E-state index contributed by atoms with van der Waals surface area (Å²) in [4.78, 5) is 28.2. The van der Waals surface area contributed by atoms with Crippen molar-refractivity contribution in [3.8, 4) is 0 Å². The molecule has 8 heteroatoms. The van der Waals surface area contributed by atoms with Crippen molar-refractivity contribution in [3.63, 3.8) is 0 Å². The van der Waals surface area contributed by atoms with Crippen molar-refractivity contribution in [2.24, 2.45) is 5.41 Å². The van der Waals surface area contributed by atoms with E-state index in [1.54, 1.807) is 11.0 Å². The number of hydrogen-bond acceptors (Lipinski definition) is 5. The molecule has 2 fully saturated rings. The highest BCUT2D eigenvalue weighted by Gasteiger charge is 2.42. The number of carbonyl (C=O) groups excluding carboxylic acids is 2. The van der Waals surface area contributed by atoms with Crippen LogP contribution in [0.15, 0.2) is 10.6 Å². The van der Waals surface area contributed by atoms with Gasteiger partial charge in [-0.15, -0.1) is 0 Å². The normalized spacial score (nSPS) is 24.2. The molecule has 0 aromatic carbocycles. The molecule has 0 unspecified atom stereocenters. The van der Waals surface area contributed by atoms with Crippen LogP contribution in [-0.4, -0.2) is 64.7 Å². The zero-order valence-electron chi connectivity index (χ0n) is 14.2. The maximum atomic E-state index is 12.6. The van der Waals surface area contributed by atoms with Crippen LogP contribution < -0.4 is 0 Å². The van der Waals surface area contributed by atoms with Gasteiger partial charge in [0, 0.05) is 56.9 Å². The van der Waals surface area contributed by atoms with E-state index in [-0.39, 0.29) is 23.8 Å². The minimum Gasteiger partial charge on any atom is -0.395 e. The minimum absolute atomic E-state index is 0.0236. The van der Waals surface area contributed by atoms with Gasteiger partial charge in [-0.25, -0.2) is 0 Å². The van der Waals surface area contributed by atoms with Gasteiger partial charge < -0.3 is 19.4 Å². The molecule has 0 aliphatic carbocycles. The van der Waals surface area contributed by atoms with Crippen molar-refractivity contribution >= 4 is 23.4 Å². The maximum absolute atomic E-state index is 12.6. The Bertz CT molecular complexity index is 635. The lowest BCUT2D eigenvalue weighted by Crippen LogP contribution is -2.55. The first-order valence-corrected chi connectivity index (χ1v) is 9.17. The number of halogens is 1. The number of amides is 2. The van der Waals surface area contributed by atoms with Crippen LogP contribution in [0.5, 0.6) is 0 Å². The third kappa shape index (κ3) is 4.33. The molecule has 1 aromatic heterocycles. The number of aliphatic hydroxyl groups excluding tert-OH is 1. The first-order chi connectivity index (χ1) is 12.0. The van der Waals surface area contributed by atoms with Gasteiger partial charge in [-0.1, -0.05) is 16.8 Å². The maximum Gasteiger partial charge on any atom is 0.223 e. The van der Waals surface area contributed by atoms with Gasteiger partial charge in [-0.2, -0.15) is 0 Å². The summed E-state index contributed by atoms with van der Waals surface area (Å²) in [5, 5.41) is 13.1. The van der Waals surface area contributed by atoms with Crippen molar-refractivity contribution in [3.05, 3.63) is 17.0 Å². The standard InChI is InChI=1S/C17H24ClN3O4/c18-14-10-13(25-19-14)2-3-15(23)20-7-1-5-17(11-20)6-4-16(24)21(12-17)8-9-22/h10,22H,1-9,11-12H2/t17-/m1/s1. The summed E-state index contributed by atoms with van der Waals surface area (Å²) in [7, 11) is 0. The van der Waals surface area contributed by atoms with Gasteiger partial charge in [0.1, 0.15) is 5.76 Å². The summed E-state index contributed by atoms with van der Waals surface area (Å²) in [5.41, 5.74) is -0.0352. The molecule has 2 saturated heterocycles. The quantitative estimate of drug-likeness (QED) is 0.849. The second-order valence-electron chi connectivity index (χ2n) is 7.07. The first-order valence-electron chi connectivity index (χ1n) is 8.79. The Morgan fingerprint density at radius 2 is 2.24 bits per heavy atom. The number of aryl methyl sites for hydroxylation is 1. The number of likely N-dealkylation sites (tertiary alicyclic amines) is 2. The fourth-order valence-corrected chi connectivity index (χ4v) is 4.13. The fraction of sp³-hybridized carbons (Fsp3) is 0.706. The van der Waals surface area contributed by atoms with Crippen molar-refractivity contribution in [1.29, 1.82) is 0 Å². The molecule has 1 atom stereocenters. The Morgan fingerprint density at radius 3 is 2.96 bits per heavy atom. The van der Waals surface area contributed by atoms with E-state index in [4.69, 9.17) is 21.2 Å². The van der Waals surface area contributed by atoms with Crippen LogP contribution in [0, 0.1) is 5.41 Å². The lowest BCUT2D eigenvalue weighted by molar-refractivity contribution is -0.143. The zero-order valence-corrected chi connectivity index (χ0v) is 15.0. The highest BCUT2D eigenvalue weighted by Crippen LogP contribution is 2.39. The van der Waals surface area contributed by atoms with Crippen LogP contribution in [0.25, 0.3) is 0 Å². The van der Waals surface area contributed by atoms with Crippen LogP contribution in [-0.2, 0) is 16.0 Å². The summed E-state index contributed by atoms with van der Waals surface area (Å²) in [5.74, 6) is 0.810. The summed E-state index contributed by atoms with van der Waals surface area (Å²) < 4.78 is 5.04. The zero-order chi connectivity index (χ0) is 17.9. The Morgan fingerprint density at radius 1 is 1.40 bits per heavy atom. The molecule has 1 spiro atoms. The third-order valence-electron chi connectivity index (χ3n) is 5.25. The van der Waals surface area contributed by atoms with E-state index >= 15 is 0 Å². The number of aromatic nitrogens is 1. The molecule has 0 radical (unpaired) electrons. The molecule has 3 rings (SSSR count). The highest BCUT2D eigenvalue weighted by atomic mass is 35.5. The second kappa shape index (κ2) is 7.74. The molecule has 138 valence electrons. The van der Waals surface area contributed by atoms with Crippen LogP contribution in [0.4, 0.5) is 0 Å². The summed E-state index contributed by atoms with van der Waals surface area (Å²) in [6.45, 7) is 2.42. The van der Waals surface area contributed by atoms with E-state index in [0.717, 1.165) is 25.8 Å². The van der Waals surface area contributed by atoms with E-state index in [0.29, 0.717) is 49.8 Å². The van der Waals surface area contributed by atoms with Crippen LogP contribution in [0.1, 0.15) is 37.9 Å². The average Bonchev–Trinajstić information content (AvgIpc) is 3.02. The molecule has 2 aliphatic heterocycles. The number of hydrogen-bond donors (Lipinski definition) is 1. The van der Waals surface area contributed by atoms with Crippen LogP contribution >= 0.6 is 11.6 Å². The number of aliphatic hydroxyl groups is 1. The molecule has 2 amide bonds. The molecule has 0 saturated carbocycles. The Labute approximate surface area is 151 Å². The smallest absolute Gasteiger partial charge is 0.223 e. The molecule has 1 N–H and O–H groups in total. The molecular formula is C17H24ClN3O4. The predicted octanol–water partition coefficient (Wildman–Crippen LogP) is 1.48. The number of β-amino-alcohol motifs (C(OH)–C–C–N with tert-alkyl or cyclic N) is 1. The summed E-state index contributed by atoms with van der Waals surface area (Å²) >= 11 is 5.72. The van der Waals surface area contributed by atoms with Gasteiger partial charge in [0.15, 0.2) is 5.15 Å². The largest absolute Gasteiger partial charge is 0.395 e. The predicted molar refractivity (Wildman–Crippen MR) is 91.0 cm³/mol. The van der Waals surface area contributed by atoms with E-state index in [1.807, 2.05) is 4.90 Å². The van der Waals surface area contributed by atoms with Crippen molar-refractivity contribution < 1.29 is 19.2 Å². The molecule has 0 bridgehead atoms. The number of nitrogens with zero attached hydrogens (tertiary/aromatic N) is 3. The van der Waals surface area contributed by atoms with Crippen molar-refractivity contribution in [1.82, 2.24) is 15.0 Å². The number of piperidine rings is 2. The van der Waals surface area contributed by atoms with Crippen molar-refractivity contribution in [2.75, 3.05) is 32.8 Å². The topological polar surface area (TPSA) is 86.9 Å². The van der Waals surface area contributed by atoms with Gasteiger partial charge >= 0.3 is 0 Å². The third-order valence-corrected chi connectivity index (χ3v) is 5.43. The van der Waals surface area contributed by atoms with Gasteiger partial charge in [-0.3, -0.25) is 9.59 Å². The Kier molecular flexibility index (Phi) is 5.64.